The lowest BCUT2D eigenvalue weighted by atomic mass is 10.2. The topological polar surface area (TPSA) is 87.3 Å². The molecule has 6 nitrogen and oxygen atoms in total. The molecular formula is C17H23N3O3S. The van der Waals surface area contributed by atoms with Crippen LogP contribution in [0.3, 0.4) is 0 Å². The molecular weight excluding hydrogens is 326 g/mol. The summed E-state index contributed by atoms with van der Waals surface area (Å²) in [5, 5.41) is 7.78. The smallest absolute Gasteiger partial charge is 0.239 e. The van der Waals surface area contributed by atoms with Crippen molar-refractivity contribution in [2.24, 2.45) is 0 Å². The third-order valence-corrected chi connectivity index (χ3v) is 4.68. The van der Waals surface area contributed by atoms with Crippen molar-refractivity contribution in [1.82, 2.24) is 10.6 Å². The Labute approximate surface area is 146 Å². The number of aryl methyl sites for hydroxylation is 1. The molecule has 24 heavy (non-hydrogen) atoms. The molecule has 0 saturated heterocycles. The van der Waals surface area contributed by atoms with Gasteiger partial charge in [0.05, 0.1) is 17.5 Å². The second-order valence-electron chi connectivity index (χ2n) is 5.93. The summed E-state index contributed by atoms with van der Waals surface area (Å²) in [6, 6.07) is 7.81. The fraction of sp³-hybridized carbons (Fsp3) is 0.471. The highest BCUT2D eigenvalue weighted by atomic mass is 32.2. The molecule has 1 fully saturated rings. The van der Waals surface area contributed by atoms with Crippen LogP contribution in [0.5, 0.6) is 0 Å². The lowest BCUT2D eigenvalue weighted by molar-refractivity contribution is -0.125. The normalized spacial score (nSPS) is 14.6. The van der Waals surface area contributed by atoms with Gasteiger partial charge in [-0.15, -0.1) is 11.8 Å². The van der Waals surface area contributed by atoms with Gasteiger partial charge in [-0.05, 0) is 38.8 Å². The number of carbonyl (C=O) groups excluding carboxylic acids is 3. The van der Waals surface area contributed by atoms with Crippen LogP contribution in [-0.4, -0.2) is 41.3 Å². The van der Waals surface area contributed by atoms with Gasteiger partial charge in [-0.1, -0.05) is 17.7 Å². The molecule has 0 heterocycles. The van der Waals surface area contributed by atoms with Crippen LogP contribution in [0.2, 0.25) is 0 Å². The van der Waals surface area contributed by atoms with Crippen LogP contribution in [-0.2, 0) is 14.4 Å². The van der Waals surface area contributed by atoms with Crippen molar-refractivity contribution in [2.45, 2.75) is 38.0 Å². The van der Waals surface area contributed by atoms with E-state index < -0.39 is 5.25 Å². The number of nitrogens with one attached hydrogen (secondary N) is 3. The Morgan fingerprint density at radius 3 is 2.46 bits per heavy atom. The van der Waals surface area contributed by atoms with Gasteiger partial charge in [0.1, 0.15) is 0 Å². The van der Waals surface area contributed by atoms with Gasteiger partial charge in [0, 0.05) is 11.7 Å². The zero-order valence-corrected chi connectivity index (χ0v) is 14.7. The quantitative estimate of drug-likeness (QED) is 0.663. The third kappa shape index (κ3) is 6.62. The van der Waals surface area contributed by atoms with Crippen molar-refractivity contribution in [3.05, 3.63) is 29.8 Å². The standard InChI is InChI=1S/C17H23N3O3S/c1-11-3-5-13(6-4-11)20-16(22)10-24-12(2)17(23)18-9-15(21)19-14-7-8-14/h3-6,12,14H,7-10H2,1-2H3,(H,18,23)(H,19,21)(H,20,22)/t12-/m0/s1. The maximum absolute atomic E-state index is 11.9. The Kier molecular flexibility index (Phi) is 6.66. The van der Waals surface area contributed by atoms with E-state index in [0.717, 1.165) is 24.1 Å². The average molecular weight is 349 g/mol. The zero-order valence-electron chi connectivity index (χ0n) is 13.9. The van der Waals surface area contributed by atoms with Crippen LogP contribution in [0, 0.1) is 6.92 Å². The van der Waals surface area contributed by atoms with Crippen molar-refractivity contribution in [3.8, 4) is 0 Å². The number of thioether (sulfide) groups is 1. The van der Waals surface area contributed by atoms with Gasteiger partial charge in [0.15, 0.2) is 0 Å². The second kappa shape index (κ2) is 8.73. The van der Waals surface area contributed by atoms with Crippen LogP contribution in [0.25, 0.3) is 0 Å². The molecule has 7 heteroatoms. The number of carbonyl (C=O) groups is 3. The highest BCUT2D eigenvalue weighted by molar-refractivity contribution is 8.01. The first kappa shape index (κ1) is 18.3. The first-order valence-corrected chi connectivity index (χ1v) is 9.04. The van der Waals surface area contributed by atoms with E-state index >= 15 is 0 Å². The molecule has 1 aliphatic rings. The number of hydrogen-bond acceptors (Lipinski definition) is 4. The van der Waals surface area contributed by atoms with Gasteiger partial charge in [0.2, 0.25) is 17.7 Å². The Bertz CT molecular complexity index is 600. The minimum atomic E-state index is -0.400. The molecule has 1 aromatic rings. The van der Waals surface area contributed by atoms with Gasteiger partial charge in [-0.3, -0.25) is 14.4 Å². The highest BCUT2D eigenvalue weighted by Crippen LogP contribution is 2.18. The number of amides is 3. The lowest BCUT2D eigenvalue weighted by Crippen LogP contribution is -2.40. The number of rotatable bonds is 8. The van der Waals surface area contributed by atoms with E-state index in [0.29, 0.717) is 0 Å². The van der Waals surface area contributed by atoms with E-state index in [4.69, 9.17) is 0 Å². The average Bonchev–Trinajstić information content (AvgIpc) is 3.36. The molecule has 0 spiro atoms. The molecule has 1 saturated carbocycles. The van der Waals surface area contributed by atoms with Gasteiger partial charge >= 0.3 is 0 Å². The first-order valence-electron chi connectivity index (χ1n) is 7.99. The van der Waals surface area contributed by atoms with Crippen molar-refractivity contribution < 1.29 is 14.4 Å². The predicted octanol–water partition coefficient (Wildman–Crippen LogP) is 1.45. The molecule has 3 N–H and O–H groups in total. The second-order valence-corrected chi connectivity index (χ2v) is 7.26. The summed E-state index contributed by atoms with van der Waals surface area (Å²) < 4.78 is 0. The number of benzene rings is 1. The summed E-state index contributed by atoms with van der Waals surface area (Å²) in [5.74, 6) is -0.388. The Morgan fingerprint density at radius 2 is 1.83 bits per heavy atom. The summed E-state index contributed by atoms with van der Waals surface area (Å²) in [7, 11) is 0. The summed E-state index contributed by atoms with van der Waals surface area (Å²) in [5.41, 5.74) is 1.86. The van der Waals surface area contributed by atoms with E-state index in [-0.39, 0.29) is 36.1 Å². The van der Waals surface area contributed by atoms with Gasteiger partial charge in [0.25, 0.3) is 0 Å². The molecule has 1 atom stereocenters. The van der Waals surface area contributed by atoms with E-state index in [9.17, 15) is 14.4 Å². The molecule has 3 amide bonds. The van der Waals surface area contributed by atoms with Crippen LogP contribution < -0.4 is 16.0 Å². The SMILES string of the molecule is Cc1ccc(NC(=O)CS[C@@H](C)C(=O)NCC(=O)NC2CC2)cc1. The Morgan fingerprint density at radius 1 is 1.17 bits per heavy atom. The first-order chi connectivity index (χ1) is 11.4. The van der Waals surface area contributed by atoms with Crippen molar-refractivity contribution in [3.63, 3.8) is 0 Å². The summed E-state index contributed by atoms with van der Waals surface area (Å²) >= 11 is 1.24. The monoisotopic (exact) mass is 349 g/mol. The zero-order chi connectivity index (χ0) is 17.5. The molecule has 0 aromatic heterocycles. The van der Waals surface area contributed by atoms with Crippen LogP contribution in [0.15, 0.2) is 24.3 Å². The Hall–Kier alpha value is -2.02. The Balaban J connectivity index is 1.64. The lowest BCUT2D eigenvalue weighted by Gasteiger charge is -2.12. The number of anilines is 1. The molecule has 1 aromatic carbocycles. The van der Waals surface area contributed by atoms with Crippen molar-refractivity contribution in [1.29, 1.82) is 0 Å². The highest BCUT2D eigenvalue weighted by Gasteiger charge is 2.23. The maximum Gasteiger partial charge on any atom is 0.239 e. The van der Waals surface area contributed by atoms with Gasteiger partial charge < -0.3 is 16.0 Å². The van der Waals surface area contributed by atoms with E-state index in [2.05, 4.69) is 16.0 Å². The summed E-state index contributed by atoms with van der Waals surface area (Å²) in [6.07, 6.45) is 2.03. The minimum absolute atomic E-state index is 0.0181. The minimum Gasteiger partial charge on any atom is -0.352 e. The fourth-order valence-electron chi connectivity index (χ4n) is 1.93. The summed E-state index contributed by atoms with van der Waals surface area (Å²) in [4.78, 5) is 35.3. The van der Waals surface area contributed by atoms with E-state index in [1.54, 1.807) is 6.92 Å². The number of hydrogen-bond donors (Lipinski definition) is 3. The molecule has 0 aliphatic heterocycles. The maximum atomic E-state index is 11.9. The molecule has 0 unspecified atom stereocenters. The fourth-order valence-corrected chi connectivity index (χ4v) is 2.64. The third-order valence-electron chi connectivity index (χ3n) is 3.53. The van der Waals surface area contributed by atoms with Gasteiger partial charge in [-0.2, -0.15) is 0 Å². The predicted molar refractivity (Wildman–Crippen MR) is 95.9 cm³/mol. The largest absolute Gasteiger partial charge is 0.352 e. The van der Waals surface area contributed by atoms with Gasteiger partial charge in [-0.25, -0.2) is 0 Å². The van der Waals surface area contributed by atoms with E-state index in [1.165, 1.54) is 11.8 Å². The molecule has 0 bridgehead atoms. The molecule has 2 rings (SSSR count). The van der Waals surface area contributed by atoms with Crippen molar-refractivity contribution in [2.75, 3.05) is 17.6 Å². The molecule has 0 radical (unpaired) electrons. The molecule has 1 aliphatic carbocycles. The van der Waals surface area contributed by atoms with Crippen LogP contribution >= 0.6 is 11.8 Å². The van der Waals surface area contributed by atoms with Crippen molar-refractivity contribution >= 4 is 35.2 Å². The van der Waals surface area contributed by atoms with Crippen LogP contribution in [0.1, 0.15) is 25.3 Å². The molecule has 130 valence electrons. The summed E-state index contributed by atoms with van der Waals surface area (Å²) in [6.45, 7) is 3.68. The van der Waals surface area contributed by atoms with Crippen LogP contribution in [0.4, 0.5) is 5.69 Å². The van der Waals surface area contributed by atoms with E-state index in [1.807, 2.05) is 31.2 Å².